The van der Waals surface area contributed by atoms with Gasteiger partial charge in [-0.3, -0.25) is 4.79 Å². The summed E-state index contributed by atoms with van der Waals surface area (Å²) >= 11 is 0. The number of carbonyl (C=O) groups excluding carboxylic acids is 1. The van der Waals surface area contributed by atoms with Gasteiger partial charge in [0.25, 0.3) is 0 Å². The van der Waals surface area contributed by atoms with Crippen LogP contribution in [0.4, 0.5) is 4.39 Å². The van der Waals surface area contributed by atoms with E-state index in [1.54, 1.807) is 32.4 Å². The topological polar surface area (TPSA) is 47.6 Å². The van der Waals surface area contributed by atoms with E-state index in [4.69, 9.17) is 9.47 Å². The average Bonchev–Trinajstić information content (AvgIpc) is 2.61. The van der Waals surface area contributed by atoms with Crippen molar-refractivity contribution < 1.29 is 18.7 Å². The minimum absolute atomic E-state index is 0.0773. The zero-order valence-corrected chi connectivity index (χ0v) is 15.0. The molecule has 0 spiro atoms. The zero-order chi connectivity index (χ0) is 18.4. The molecule has 2 aromatic carbocycles. The molecule has 4 nitrogen and oxygen atoms in total. The van der Waals surface area contributed by atoms with Crippen LogP contribution in [0.15, 0.2) is 42.5 Å². The molecule has 0 fully saturated rings. The molecule has 2 rings (SSSR count). The molecule has 0 radical (unpaired) electrons. The number of rotatable bonds is 7. The number of amides is 1. The molecule has 134 valence electrons. The molecule has 0 aliphatic rings. The van der Waals surface area contributed by atoms with Crippen LogP contribution in [-0.4, -0.2) is 20.1 Å². The summed E-state index contributed by atoms with van der Waals surface area (Å²) < 4.78 is 23.6. The van der Waals surface area contributed by atoms with Crippen molar-refractivity contribution in [2.24, 2.45) is 5.92 Å². The molecule has 5 heteroatoms. The lowest BCUT2D eigenvalue weighted by Gasteiger charge is -2.22. The Hall–Kier alpha value is -2.56. The highest BCUT2D eigenvalue weighted by Gasteiger charge is 2.25. The van der Waals surface area contributed by atoms with Crippen LogP contribution in [0.3, 0.4) is 0 Å². The maximum absolute atomic E-state index is 13.0. The lowest BCUT2D eigenvalue weighted by molar-refractivity contribution is -0.123. The van der Waals surface area contributed by atoms with Crippen LogP contribution in [0, 0.1) is 11.7 Å². The van der Waals surface area contributed by atoms with Gasteiger partial charge in [0.2, 0.25) is 5.91 Å². The van der Waals surface area contributed by atoms with Crippen molar-refractivity contribution >= 4 is 5.91 Å². The first-order chi connectivity index (χ1) is 12.0. The van der Waals surface area contributed by atoms with Crippen molar-refractivity contribution in [2.75, 3.05) is 14.2 Å². The highest BCUT2D eigenvalue weighted by Crippen LogP contribution is 2.33. The second-order valence-corrected chi connectivity index (χ2v) is 6.18. The summed E-state index contributed by atoms with van der Waals surface area (Å²) in [6, 6.07) is 11.6. The predicted octanol–water partition coefficient (Wildman–Crippen LogP) is 3.90. The molecule has 1 atom stereocenters. The summed E-state index contributed by atoms with van der Waals surface area (Å²) in [5.41, 5.74) is 1.72. The Morgan fingerprint density at radius 1 is 1.04 bits per heavy atom. The molecular weight excluding hydrogens is 321 g/mol. The highest BCUT2D eigenvalue weighted by atomic mass is 19.1. The molecule has 1 N–H and O–H groups in total. The van der Waals surface area contributed by atoms with Gasteiger partial charge in [0, 0.05) is 6.54 Å². The van der Waals surface area contributed by atoms with Crippen LogP contribution >= 0.6 is 0 Å². The summed E-state index contributed by atoms with van der Waals surface area (Å²) in [5.74, 6) is 0.635. The van der Waals surface area contributed by atoms with Crippen molar-refractivity contribution in [3.63, 3.8) is 0 Å². The smallest absolute Gasteiger partial charge is 0.228 e. The first-order valence-corrected chi connectivity index (χ1v) is 8.20. The number of methoxy groups -OCH3 is 2. The SMILES string of the molecule is COc1ccc(C(C(=O)NCc2ccc(F)cc2)C(C)C)cc1OC. The van der Waals surface area contributed by atoms with E-state index in [1.165, 1.54) is 12.1 Å². The van der Waals surface area contributed by atoms with Crippen LogP contribution in [0.1, 0.15) is 30.9 Å². The second-order valence-electron chi connectivity index (χ2n) is 6.18. The Bertz CT molecular complexity index is 713. The summed E-state index contributed by atoms with van der Waals surface area (Å²) in [5, 5.41) is 2.93. The molecule has 25 heavy (non-hydrogen) atoms. The summed E-state index contributed by atoms with van der Waals surface area (Å²) in [6.45, 7) is 4.35. The van der Waals surface area contributed by atoms with Crippen LogP contribution in [0.2, 0.25) is 0 Å². The van der Waals surface area contributed by atoms with E-state index in [1.807, 2.05) is 26.0 Å². The molecule has 0 aliphatic carbocycles. The molecule has 0 bridgehead atoms. The van der Waals surface area contributed by atoms with E-state index in [2.05, 4.69) is 5.32 Å². The van der Waals surface area contributed by atoms with E-state index in [9.17, 15) is 9.18 Å². The van der Waals surface area contributed by atoms with Gasteiger partial charge in [-0.15, -0.1) is 0 Å². The van der Waals surface area contributed by atoms with E-state index in [-0.39, 0.29) is 23.6 Å². The number of carbonyl (C=O) groups is 1. The van der Waals surface area contributed by atoms with E-state index in [0.29, 0.717) is 18.0 Å². The number of hydrogen-bond donors (Lipinski definition) is 1. The Labute approximate surface area is 148 Å². The number of hydrogen-bond acceptors (Lipinski definition) is 3. The van der Waals surface area contributed by atoms with E-state index < -0.39 is 0 Å². The van der Waals surface area contributed by atoms with Gasteiger partial charge in [-0.1, -0.05) is 32.0 Å². The summed E-state index contributed by atoms with van der Waals surface area (Å²) in [6.07, 6.45) is 0. The molecule has 0 saturated heterocycles. The predicted molar refractivity (Wildman–Crippen MR) is 95.4 cm³/mol. The zero-order valence-electron chi connectivity index (χ0n) is 15.0. The van der Waals surface area contributed by atoms with E-state index in [0.717, 1.165) is 11.1 Å². The lowest BCUT2D eigenvalue weighted by Crippen LogP contribution is -2.31. The maximum atomic E-state index is 13.0. The van der Waals surface area contributed by atoms with E-state index >= 15 is 0 Å². The van der Waals surface area contributed by atoms with Gasteiger partial charge >= 0.3 is 0 Å². The highest BCUT2D eigenvalue weighted by molar-refractivity contribution is 5.84. The van der Waals surface area contributed by atoms with Crippen molar-refractivity contribution in [3.8, 4) is 11.5 Å². The van der Waals surface area contributed by atoms with Gasteiger partial charge in [-0.2, -0.15) is 0 Å². The largest absolute Gasteiger partial charge is 0.493 e. The molecule has 0 aromatic heterocycles. The first-order valence-electron chi connectivity index (χ1n) is 8.20. The Balaban J connectivity index is 2.16. The average molecular weight is 345 g/mol. The fraction of sp³-hybridized carbons (Fsp3) is 0.350. The third kappa shape index (κ3) is 4.72. The number of halogens is 1. The molecule has 1 amide bonds. The summed E-state index contributed by atoms with van der Waals surface area (Å²) in [4.78, 5) is 12.7. The van der Waals surface area contributed by atoms with Crippen LogP contribution < -0.4 is 14.8 Å². The fourth-order valence-electron chi connectivity index (χ4n) is 2.79. The van der Waals surface area contributed by atoms with Gasteiger partial charge in [-0.25, -0.2) is 4.39 Å². The first kappa shape index (κ1) is 18.8. The minimum Gasteiger partial charge on any atom is -0.493 e. The van der Waals surface area contributed by atoms with Crippen LogP contribution in [0.5, 0.6) is 11.5 Å². The van der Waals surface area contributed by atoms with Gasteiger partial charge in [0.15, 0.2) is 11.5 Å². The Morgan fingerprint density at radius 2 is 1.68 bits per heavy atom. The number of nitrogens with one attached hydrogen (secondary N) is 1. The standard InChI is InChI=1S/C20H24FNO3/c1-13(2)19(15-7-10-17(24-3)18(11-15)25-4)20(23)22-12-14-5-8-16(21)9-6-14/h5-11,13,19H,12H2,1-4H3,(H,22,23). The molecule has 2 aromatic rings. The monoisotopic (exact) mass is 345 g/mol. The van der Waals surface area contributed by atoms with Crippen molar-refractivity contribution in [1.29, 1.82) is 0 Å². The Kier molecular flexibility index (Phi) is 6.39. The van der Waals surface area contributed by atoms with Crippen LogP contribution in [0.25, 0.3) is 0 Å². The van der Waals surface area contributed by atoms with Gasteiger partial charge < -0.3 is 14.8 Å². The molecular formula is C20H24FNO3. The Morgan fingerprint density at radius 3 is 2.24 bits per heavy atom. The third-order valence-electron chi connectivity index (χ3n) is 4.10. The summed E-state index contributed by atoms with van der Waals surface area (Å²) in [7, 11) is 3.15. The number of ether oxygens (including phenoxy) is 2. The quantitative estimate of drug-likeness (QED) is 0.828. The minimum atomic E-state index is -0.319. The lowest BCUT2D eigenvalue weighted by atomic mass is 9.87. The third-order valence-corrected chi connectivity index (χ3v) is 4.10. The fourth-order valence-corrected chi connectivity index (χ4v) is 2.79. The molecule has 0 heterocycles. The van der Waals surface area contributed by atoms with Gasteiger partial charge in [-0.05, 0) is 41.3 Å². The molecule has 1 unspecified atom stereocenters. The molecule has 0 aliphatic heterocycles. The van der Waals surface area contributed by atoms with Crippen molar-refractivity contribution in [2.45, 2.75) is 26.3 Å². The van der Waals surface area contributed by atoms with Crippen molar-refractivity contribution in [3.05, 3.63) is 59.4 Å². The maximum Gasteiger partial charge on any atom is 0.228 e. The second kappa shape index (κ2) is 8.51. The van der Waals surface area contributed by atoms with Gasteiger partial charge in [0.05, 0.1) is 20.1 Å². The van der Waals surface area contributed by atoms with Gasteiger partial charge in [0.1, 0.15) is 5.82 Å². The number of benzene rings is 2. The normalized spacial score (nSPS) is 11.9. The van der Waals surface area contributed by atoms with Crippen molar-refractivity contribution in [1.82, 2.24) is 5.32 Å². The van der Waals surface area contributed by atoms with Crippen LogP contribution in [-0.2, 0) is 11.3 Å². The molecule has 0 saturated carbocycles.